The van der Waals surface area contributed by atoms with E-state index in [0.29, 0.717) is 11.6 Å². The molecule has 0 amide bonds. The van der Waals surface area contributed by atoms with Gasteiger partial charge in [-0.05, 0) is 42.8 Å². The summed E-state index contributed by atoms with van der Waals surface area (Å²) in [6.07, 6.45) is 0.982. The van der Waals surface area contributed by atoms with Gasteiger partial charge in [-0.3, -0.25) is 0 Å². The molecule has 0 aromatic heterocycles. The van der Waals surface area contributed by atoms with Crippen LogP contribution in [0.1, 0.15) is 17.5 Å². The molecule has 2 aromatic rings. The first-order valence-corrected chi connectivity index (χ1v) is 7.92. The van der Waals surface area contributed by atoms with E-state index in [1.165, 1.54) is 12.1 Å². The van der Waals surface area contributed by atoms with E-state index in [0.717, 1.165) is 43.0 Å². The van der Waals surface area contributed by atoms with E-state index in [2.05, 4.69) is 5.32 Å². The second kappa shape index (κ2) is 9.50. The molecule has 0 unspecified atom stereocenters. The minimum Gasteiger partial charge on any atom is -0.489 e. The molecule has 0 aliphatic heterocycles. The lowest BCUT2D eigenvalue weighted by atomic mass is 10.2. The fourth-order valence-corrected chi connectivity index (χ4v) is 2.34. The van der Waals surface area contributed by atoms with Gasteiger partial charge < -0.3 is 14.8 Å². The minimum atomic E-state index is -0.347. The Hall–Kier alpha value is -1.62. The predicted octanol–water partition coefficient (Wildman–Crippen LogP) is 4.18. The molecule has 0 fully saturated rings. The Morgan fingerprint density at radius 3 is 2.83 bits per heavy atom. The quantitative estimate of drug-likeness (QED) is 0.696. The highest BCUT2D eigenvalue weighted by Crippen LogP contribution is 2.20. The molecular weight excluding hydrogens is 317 g/mol. The minimum absolute atomic E-state index is 0.309. The van der Waals surface area contributed by atoms with Crippen molar-refractivity contribution in [1.82, 2.24) is 5.32 Å². The summed E-state index contributed by atoms with van der Waals surface area (Å²) in [7, 11) is 1.70. The summed E-state index contributed by atoms with van der Waals surface area (Å²) >= 11 is 6.00. The highest BCUT2D eigenvalue weighted by molar-refractivity contribution is 6.31. The summed E-state index contributed by atoms with van der Waals surface area (Å²) in [5.41, 5.74) is 1.90. The number of methoxy groups -OCH3 is 1. The second-order valence-corrected chi connectivity index (χ2v) is 5.60. The van der Waals surface area contributed by atoms with Crippen LogP contribution in [-0.4, -0.2) is 20.3 Å². The van der Waals surface area contributed by atoms with Gasteiger partial charge >= 0.3 is 0 Å². The number of nitrogens with one attached hydrogen (secondary N) is 1. The maximum Gasteiger partial charge on any atom is 0.124 e. The summed E-state index contributed by atoms with van der Waals surface area (Å²) in [6.45, 7) is 2.75. The first-order chi connectivity index (χ1) is 11.2. The molecule has 0 saturated heterocycles. The molecule has 1 N–H and O–H groups in total. The van der Waals surface area contributed by atoms with Crippen LogP contribution in [0.2, 0.25) is 5.02 Å². The van der Waals surface area contributed by atoms with E-state index in [9.17, 15) is 4.39 Å². The average molecular weight is 338 g/mol. The molecule has 5 heteroatoms. The van der Waals surface area contributed by atoms with Crippen LogP contribution in [0.5, 0.6) is 5.75 Å². The maximum absolute atomic E-state index is 13.0. The summed E-state index contributed by atoms with van der Waals surface area (Å²) in [5.74, 6) is 0.418. The third kappa shape index (κ3) is 6.18. The van der Waals surface area contributed by atoms with Gasteiger partial charge in [-0.1, -0.05) is 29.8 Å². The number of hydrogen-bond donors (Lipinski definition) is 1. The molecule has 0 heterocycles. The van der Waals surface area contributed by atoms with Crippen molar-refractivity contribution in [3.63, 3.8) is 0 Å². The van der Waals surface area contributed by atoms with Gasteiger partial charge in [-0.15, -0.1) is 0 Å². The summed E-state index contributed by atoms with van der Waals surface area (Å²) in [6, 6.07) is 12.2. The van der Waals surface area contributed by atoms with Gasteiger partial charge in [0, 0.05) is 25.8 Å². The molecule has 0 aliphatic rings. The van der Waals surface area contributed by atoms with Crippen molar-refractivity contribution in [3.05, 3.63) is 64.4 Å². The molecule has 23 heavy (non-hydrogen) atoms. The molecule has 2 aromatic carbocycles. The number of hydrogen-bond acceptors (Lipinski definition) is 3. The molecule has 2 rings (SSSR count). The highest BCUT2D eigenvalue weighted by atomic mass is 35.5. The summed E-state index contributed by atoms with van der Waals surface area (Å²) in [4.78, 5) is 0. The molecule has 0 aliphatic carbocycles. The van der Waals surface area contributed by atoms with E-state index in [1.54, 1.807) is 13.2 Å². The van der Waals surface area contributed by atoms with Crippen molar-refractivity contribution in [2.45, 2.75) is 19.6 Å². The molecule has 0 saturated carbocycles. The Kier molecular flexibility index (Phi) is 7.33. The Morgan fingerprint density at radius 1 is 1.17 bits per heavy atom. The topological polar surface area (TPSA) is 30.5 Å². The molecule has 0 atom stereocenters. The van der Waals surface area contributed by atoms with Crippen LogP contribution in [0, 0.1) is 5.82 Å². The van der Waals surface area contributed by atoms with E-state index in [-0.39, 0.29) is 5.82 Å². The van der Waals surface area contributed by atoms with Crippen LogP contribution in [0.15, 0.2) is 42.5 Å². The lowest BCUT2D eigenvalue weighted by molar-refractivity contribution is 0.194. The largest absolute Gasteiger partial charge is 0.489 e. The van der Waals surface area contributed by atoms with Crippen LogP contribution in [0.3, 0.4) is 0 Å². The fourth-order valence-electron chi connectivity index (χ4n) is 2.12. The monoisotopic (exact) mass is 337 g/mol. The number of benzene rings is 2. The van der Waals surface area contributed by atoms with Crippen molar-refractivity contribution in [2.24, 2.45) is 0 Å². The van der Waals surface area contributed by atoms with Crippen LogP contribution in [0.25, 0.3) is 0 Å². The Balaban J connectivity index is 1.84. The summed E-state index contributed by atoms with van der Waals surface area (Å²) in [5, 5.41) is 3.73. The van der Waals surface area contributed by atoms with Gasteiger partial charge in [0.2, 0.25) is 0 Å². The standard InChI is InChI=1S/C18H21ClFNO2/c1-22-9-3-8-21-12-14-4-2-5-17(10-14)23-13-15-6-7-16(20)11-18(15)19/h2,4-7,10-11,21H,3,8-9,12-13H2,1H3. The van der Waals surface area contributed by atoms with Gasteiger partial charge in [0.05, 0.1) is 5.02 Å². The van der Waals surface area contributed by atoms with Gasteiger partial charge in [0.15, 0.2) is 0 Å². The normalized spacial score (nSPS) is 10.7. The number of halogens is 2. The van der Waals surface area contributed by atoms with E-state index < -0.39 is 0 Å². The lowest BCUT2D eigenvalue weighted by Gasteiger charge is -2.10. The van der Waals surface area contributed by atoms with Gasteiger partial charge in [-0.25, -0.2) is 4.39 Å². The zero-order valence-corrected chi connectivity index (χ0v) is 13.9. The van der Waals surface area contributed by atoms with E-state index >= 15 is 0 Å². The molecular formula is C18H21ClFNO2. The second-order valence-electron chi connectivity index (χ2n) is 5.19. The van der Waals surface area contributed by atoms with Crippen molar-refractivity contribution in [2.75, 3.05) is 20.3 Å². The third-order valence-corrected chi connectivity index (χ3v) is 3.69. The average Bonchev–Trinajstić information content (AvgIpc) is 2.54. The highest BCUT2D eigenvalue weighted by Gasteiger charge is 2.04. The number of ether oxygens (including phenoxy) is 2. The molecule has 0 spiro atoms. The molecule has 3 nitrogen and oxygen atoms in total. The van der Waals surface area contributed by atoms with Crippen molar-refractivity contribution >= 4 is 11.6 Å². The van der Waals surface area contributed by atoms with Crippen LogP contribution in [0.4, 0.5) is 4.39 Å². The van der Waals surface area contributed by atoms with Crippen LogP contribution < -0.4 is 10.1 Å². The van der Waals surface area contributed by atoms with Crippen LogP contribution >= 0.6 is 11.6 Å². The molecule has 124 valence electrons. The SMILES string of the molecule is COCCCNCc1cccc(OCc2ccc(F)cc2Cl)c1. The molecule has 0 radical (unpaired) electrons. The zero-order valence-electron chi connectivity index (χ0n) is 13.1. The fraction of sp³-hybridized carbons (Fsp3) is 0.333. The predicted molar refractivity (Wildman–Crippen MR) is 90.4 cm³/mol. The van der Waals surface area contributed by atoms with Crippen LogP contribution in [-0.2, 0) is 17.9 Å². The summed E-state index contributed by atoms with van der Waals surface area (Å²) < 4.78 is 23.8. The lowest BCUT2D eigenvalue weighted by Crippen LogP contribution is -2.16. The van der Waals surface area contributed by atoms with Gasteiger partial charge in [0.1, 0.15) is 18.2 Å². The van der Waals surface area contributed by atoms with E-state index in [4.69, 9.17) is 21.1 Å². The first-order valence-electron chi connectivity index (χ1n) is 7.54. The zero-order chi connectivity index (χ0) is 16.5. The Bertz CT molecular complexity index is 622. The maximum atomic E-state index is 13.0. The number of rotatable bonds is 9. The smallest absolute Gasteiger partial charge is 0.124 e. The van der Waals surface area contributed by atoms with Crippen molar-refractivity contribution in [1.29, 1.82) is 0 Å². The van der Waals surface area contributed by atoms with Crippen molar-refractivity contribution < 1.29 is 13.9 Å². The Morgan fingerprint density at radius 2 is 2.04 bits per heavy atom. The van der Waals surface area contributed by atoms with Gasteiger partial charge in [-0.2, -0.15) is 0 Å². The Labute approximate surface area is 141 Å². The van der Waals surface area contributed by atoms with E-state index in [1.807, 2.05) is 24.3 Å². The molecule has 0 bridgehead atoms. The third-order valence-electron chi connectivity index (χ3n) is 3.34. The van der Waals surface area contributed by atoms with Crippen molar-refractivity contribution in [3.8, 4) is 5.75 Å². The first kappa shape index (κ1) is 17.7. The van der Waals surface area contributed by atoms with Gasteiger partial charge in [0.25, 0.3) is 0 Å².